The molecular weight excluding hydrogens is 505 g/mol. The second kappa shape index (κ2) is 13.7. The first kappa shape index (κ1) is 29.0. The zero-order valence-corrected chi connectivity index (χ0v) is 21.8. The minimum Gasteiger partial charge on any atom is -0.560 e. The molecule has 2 aromatic rings. The number of carboxylic acids is 1. The van der Waals surface area contributed by atoms with E-state index in [-0.39, 0.29) is 36.1 Å². The molecule has 1 amide bonds. The first-order valence-corrected chi connectivity index (χ1v) is 12.9. The van der Waals surface area contributed by atoms with Crippen molar-refractivity contribution in [2.75, 3.05) is 19.6 Å². The van der Waals surface area contributed by atoms with E-state index in [0.717, 1.165) is 24.6 Å². The summed E-state index contributed by atoms with van der Waals surface area (Å²) in [5, 5.41) is 9.87. The highest BCUT2D eigenvalue weighted by Gasteiger charge is 2.22. The third-order valence-corrected chi connectivity index (χ3v) is 7.55. The van der Waals surface area contributed by atoms with Crippen molar-refractivity contribution in [3.05, 3.63) is 11.8 Å². The van der Waals surface area contributed by atoms with Gasteiger partial charge in [-0.2, -0.15) is 9.97 Å². The molecule has 0 aliphatic rings. The Bertz CT molecular complexity index is 1150. The van der Waals surface area contributed by atoms with Crippen LogP contribution in [0, 0.1) is 0 Å². The number of carbonyl (C=O) groups is 2. The highest BCUT2D eigenvalue weighted by atomic mass is 33.1. The van der Waals surface area contributed by atoms with Gasteiger partial charge in [0.1, 0.15) is 25.1 Å². The molecule has 2 aromatic heterocycles. The molecule has 0 saturated heterocycles. The van der Waals surface area contributed by atoms with Crippen molar-refractivity contribution in [3.63, 3.8) is 0 Å². The minimum absolute atomic E-state index is 0.0332. The van der Waals surface area contributed by atoms with Crippen LogP contribution in [0.1, 0.15) is 26.3 Å². The molecule has 13 nitrogen and oxygen atoms in total. The third kappa shape index (κ3) is 8.75. The van der Waals surface area contributed by atoms with Crippen LogP contribution in [-0.2, 0) is 26.5 Å². The quantitative estimate of drug-likeness (QED) is 0.147. The van der Waals surface area contributed by atoms with E-state index in [2.05, 4.69) is 50.4 Å². The van der Waals surface area contributed by atoms with Gasteiger partial charge >= 0.3 is 14.0 Å². The number of nitrogens with zero attached hydrogens (tertiary/aromatic N) is 7. The van der Waals surface area contributed by atoms with Crippen LogP contribution in [0.15, 0.2) is 21.2 Å². The van der Waals surface area contributed by atoms with Gasteiger partial charge in [-0.05, 0) is 5.56 Å². The van der Waals surface area contributed by atoms with E-state index in [0.29, 0.717) is 16.8 Å². The maximum Gasteiger partial charge on any atom is 0.375 e. The lowest BCUT2D eigenvalue weighted by Gasteiger charge is -2.20. The van der Waals surface area contributed by atoms with Gasteiger partial charge in [-0.15, -0.1) is 0 Å². The van der Waals surface area contributed by atoms with E-state index < -0.39 is 18.4 Å². The average Bonchev–Trinajstić information content (AvgIpc) is 3.12. The van der Waals surface area contributed by atoms with E-state index in [4.69, 9.17) is 19.5 Å². The molecule has 0 saturated carbocycles. The normalized spacial score (nSPS) is 12.3. The third-order valence-electron chi connectivity index (χ3n) is 4.29. The molecule has 0 aliphatic carbocycles. The van der Waals surface area contributed by atoms with Crippen molar-refractivity contribution >= 4 is 83.4 Å². The first-order chi connectivity index (χ1) is 17.1. The molecule has 192 valence electrons. The number of rotatable bonds is 13. The van der Waals surface area contributed by atoms with Crippen LogP contribution in [0.25, 0.3) is 11.0 Å². The topological polar surface area (TPSA) is 187 Å². The monoisotopic (exact) mass is 533 g/mol. The van der Waals surface area contributed by atoms with Gasteiger partial charge in [-0.3, -0.25) is 14.6 Å². The second-order valence-electron chi connectivity index (χ2n) is 8.20. The van der Waals surface area contributed by atoms with E-state index in [9.17, 15) is 14.7 Å². The molecule has 5 N–H and O–H groups in total. The number of aliphatic imine (C=N–C) groups is 3. The van der Waals surface area contributed by atoms with Crippen LogP contribution in [0.5, 0.6) is 0 Å². The number of amides is 1. The number of carboxylic acid groups (broad SMARTS) is 1. The lowest BCUT2D eigenvalue weighted by Crippen LogP contribution is -2.39. The summed E-state index contributed by atoms with van der Waals surface area (Å²) in [6.07, 6.45) is 4.95. The van der Waals surface area contributed by atoms with Crippen LogP contribution in [0.3, 0.4) is 0 Å². The standard InChI is InChI=1S/C20H28BN9O4S2/c1-20(2,3)36-35-9-13-6-30(7-14(31)29(8-15(32)33)5-4-24-12-34-21)18-16(13)17(25-10-22)27-19(28-18)26-11-23/h6,10-12H,4-5,7-9H2,1-3H3,(H,32,33)(H4,22,23,25,26,27,28). The summed E-state index contributed by atoms with van der Waals surface area (Å²) in [5.74, 6) is -0.712. The molecule has 0 unspecified atom stereocenters. The molecular formula is C20H28BN9O4S2. The maximum absolute atomic E-state index is 13.1. The summed E-state index contributed by atoms with van der Waals surface area (Å²) in [6.45, 7) is 5.80. The van der Waals surface area contributed by atoms with Gasteiger partial charge in [0.05, 0.1) is 24.6 Å². The SMILES string of the molecule is [B]OC=NCCN(CC(=O)O)C(=O)Cn1cc(CSSC(C)(C)C)c2c(N=CN)nc(N=CN)nc21. The molecule has 36 heavy (non-hydrogen) atoms. The summed E-state index contributed by atoms with van der Waals surface area (Å²) < 4.78 is 5.90. The van der Waals surface area contributed by atoms with E-state index in [1.807, 2.05) is 0 Å². The zero-order chi connectivity index (χ0) is 26.7. The Hall–Kier alpha value is -3.27. The van der Waals surface area contributed by atoms with Gasteiger partial charge in [0.15, 0.2) is 5.82 Å². The average molecular weight is 533 g/mol. The fourth-order valence-corrected chi connectivity index (χ4v) is 5.37. The number of nitrogens with two attached hydrogens (primary N) is 2. The first-order valence-electron chi connectivity index (χ1n) is 10.6. The highest BCUT2D eigenvalue weighted by Crippen LogP contribution is 2.40. The van der Waals surface area contributed by atoms with Crippen LogP contribution >= 0.6 is 21.6 Å². The molecule has 2 radical (unpaired) electrons. The summed E-state index contributed by atoms with van der Waals surface area (Å²) in [7, 11) is 8.23. The number of aliphatic carboxylic acids is 1. The predicted molar refractivity (Wildman–Crippen MR) is 145 cm³/mol. The van der Waals surface area contributed by atoms with E-state index in [1.165, 1.54) is 4.90 Å². The van der Waals surface area contributed by atoms with Crippen LogP contribution < -0.4 is 11.5 Å². The summed E-state index contributed by atoms with van der Waals surface area (Å²) >= 11 is 0. The van der Waals surface area contributed by atoms with Crippen LogP contribution in [-0.4, -0.2) is 87.9 Å². The van der Waals surface area contributed by atoms with Gasteiger partial charge in [0, 0.05) is 23.2 Å². The Morgan fingerprint density at radius 3 is 2.61 bits per heavy atom. The van der Waals surface area contributed by atoms with Gasteiger partial charge in [0.25, 0.3) is 5.95 Å². The number of carbonyl (C=O) groups excluding carboxylic acids is 1. The Balaban J connectivity index is 2.49. The van der Waals surface area contributed by atoms with Crippen molar-refractivity contribution in [1.29, 1.82) is 0 Å². The fraction of sp³-hybridized carbons (Fsp3) is 0.450. The summed E-state index contributed by atoms with van der Waals surface area (Å²) in [6, 6.07) is 0. The van der Waals surface area contributed by atoms with Gasteiger partial charge in [-0.25, -0.2) is 9.98 Å². The minimum atomic E-state index is -1.16. The van der Waals surface area contributed by atoms with Crippen molar-refractivity contribution in [2.24, 2.45) is 26.4 Å². The number of hydrogen-bond donors (Lipinski definition) is 3. The molecule has 0 aromatic carbocycles. The molecule has 2 heterocycles. The molecule has 2 rings (SSSR count). The van der Waals surface area contributed by atoms with Crippen molar-refractivity contribution < 1.29 is 19.3 Å². The van der Waals surface area contributed by atoms with Crippen molar-refractivity contribution in [1.82, 2.24) is 19.4 Å². The summed E-state index contributed by atoms with van der Waals surface area (Å²) in [5.41, 5.74) is 12.2. The largest absolute Gasteiger partial charge is 0.560 e. The highest BCUT2D eigenvalue weighted by molar-refractivity contribution is 8.76. The Kier molecular flexibility index (Phi) is 11.0. The lowest BCUT2D eigenvalue weighted by atomic mass is 10.2. The molecule has 0 spiro atoms. The zero-order valence-electron chi connectivity index (χ0n) is 20.2. The Morgan fingerprint density at radius 1 is 1.28 bits per heavy atom. The predicted octanol–water partition coefficient (Wildman–Crippen LogP) is 1.39. The van der Waals surface area contributed by atoms with Gasteiger partial charge in [0.2, 0.25) is 5.91 Å². The maximum atomic E-state index is 13.1. The molecule has 16 heteroatoms. The fourth-order valence-electron chi connectivity index (χ4n) is 3.00. The van der Waals surface area contributed by atoms with E-state index in [1.54, 1.807) is 32.4 Å². The molecule has 0 fully saturated rings. The molecule has 0 aliphatic heterocycles. The van der Waals surface area contributed by atoms with E-state index >= 15 is 0 Å². The lowest BCUT2D eigenvalue weighted by molar-refractivity contribution is -0.144. The number of fused-ring (bicyclic) bond motifs is 1. The van der Waals surface area contributed by atoms with Crippen LogP contribution in [0.4, 0.5) is 11.8 Å². The number of hydrogen-bond acceptors (Lipinski definition) is 10. The van der Waals surface area contributed by atoms with Gasteiger partial charge in [-0.1, -0.05) is 42.4 Å². The van der Waals surface area contributed by atoms with Crippen molar-refractivity contribution in [2.45, 2.75) is 37.8 Å². The van der Waals surface area contributed by atoms with Crippen LogP contribution in [0.2, 0.25) is 0 Å². The smallest absolute Gasteiger partial charge is 0.375 e. The Morgan fingerprint density at radius 2 is 2.00 bits per heavy atom. The Labute approximate surface area is 217 Å². The molecule has 0 atom stereocenters. The van der Waals surface area contributed by atoms with Gasteiger partial charge < -0.3 is 30.7 Å². The molecule has 0 bridgehead atoms. The van der Waals surface area contributed by atoms with Crippen molar-refractivity contribution in [3.8, 4) is 0 Å². The summed E-state index contributed by atoms with van der Waals surface area (Å²) in [4.78, 5) is 46.3. The number of aromatic nitrogens is 3. The second-order valence-corrected chi connectivity index (χ2v) is 11.3.